The minimum Gasteiger partial charge on any atom is -0.381 e. The van der Waals surface area contributed by atoms with Crippen molar-refractivity contribution in [2.75, 3.05) is 47.4 Å². The van der Waals surface area contributed by atoms with Crippen LogP contribution in [0, 0.1) is 0 Å². The van der Waals surface area contributed by atoms with E-state index < -0.39 is 11.7 Å². The standard InChI is InChI=1S/C20H31F3N4O.HI/c1-5-24-18(25-15-19(26(2)3)10-12-28-13-11-19)27(4)14-16-6-8-17(9-7-16)20(21,22)23;/h6-9H,5,10-15H2,1-4H3,(H,24,25);1H. The number of aliphatic imine (C=N–C) groups is 1. The molecule has 0 spiro atoms. The van der Waals surface area contributed by atoms with Gasteiger partial charge >= 0.3 is 6.18 Å². The third-order valence-electron chi connectivity index (χ3n) is 5.29. The van der Waals surface area contributed by atoms with Gasteiger partial charge in [0.15, 0.2) is 5.96 Å². The van der Waals surface area contributed by atoms with E-state index in [2.05, 4.69) is 24.3 Å². The first kappa shape index (κ1) is 26.0. The highest BCUT2D eigenvalue weighted by molar-refractivity contribution is 14.0. The molecule has 1 fully saturated rings. The van der Waals surface area contributed by atoms with Gasteiger partial charge in [-0.1, -0.05) is 12.1 Å². The number of guanidine groups is 1. The van der Waals surface area contributed by atoms with Crippen LogP contribution in [-0.2, 0) is 17.5 Å². The zero-order valence-electron chi connectivity index (χ0n) is 17.6. The summed E-state index contributed by atoms with van der Waals surface area (Å²) in [5, 5.41) is 3.28. The van der Waals surface area contributed by atoms with Crippen molar-refractivity contribution in [1.82, 2.24) is 15.1 Å². The number of halogens is 4. The fourth-order valence-corrected chi connectivity index (χ4v) is 3.34. The number of alkyl halides is 3. The summed E-state index contributed by atoms with van der Waals surface area (Å²) in [7, 11) is 6.03. The molecule has 29 heavy (non-hydrogen) atoms. The molecule has 1 aliphatic rings. The molecular weight excluding hydrogens is 496 g/mol. The van der Waals surface area contributed by atoms with Crippen LogP contribution in [0.5, 0.6) is 0 Å². The fourth-order valence-electron chi connectivity index (χ4n) is 3.34. The van der Waals surface area contributed by atoms with Gasteiger partial charge in [0.1, 0.15) is 0 Å². The molecule has 0 aliphatic carbocycles. The van der Waals surface area contributed by atoms with Crippen molar-refractivity contribution < 1.29 is 17.9 Å². The molecule has 1 aliphatic heterocycles. The molecule has 0 saturated carbocycles. The van der Waals surface area contributed by atoms with E-state index in [0.717, 1.165) is 49.7 Å². The van der Waals surface area contributed by atoms with E-state index in [4.69, 9.17) is 9.73 Å². The Balaban J connectivity index is 0.00000420. The van der Waals surface area contributed by atoms with Crippen molar-refractivity contribution in [3.8, 4) is 0 Å². The second-order valence-electron chi connectivity index (χ2n) is 7.45. The largest absolute Gasteiger partial charge is 0.416 e. The number of hydrogen-bond acceptors (Lipinski definition) is 3. The van der Waals surface area contributed by atoms with Crippen LogP contribution in [0.3, 0.4) is 0 Å². The van der Waals surface area contributed by atoms with Gasteiger partial charge in [-0.3, -0.25) is 4.99 Å². The minimum absolute atomic E-state index is 0. The van der Waals surface area contributed by atoms with Gasteiger partial charge in [-0.25, -0.2) is 0 Å². The van der Waals surface area contributed by atoms with Gasteiger partial charge in [0.25, 0.3) is 0 Å². The number of ether oxygens (including phenoxy) is 1. The maximum atomic E-state index is 12.7. The lowest BCUT2D eigenvalue weighted by molar-refractivity contribution is -0.137. The molecule has 1 heterocycles. The van der Waals surface area contributed by atoms with E-state index in [0.29, 0.717) is 19.6 Å². The summed E-state index contributed by atoms with van der Waals surface area (Å²) in [6.07, 6.45) is -2.47. The average molecular weight is 528 g/mol. The Morgan fingerprint density at radius 1 is 1.14 bits per heavy atom. The van der Waals surface area contributed by atoms with Crippen LogP contribution in [-0.4, -0.2) is 68.7 Å². The molecule has 0 bridgehead atoms. The van der Waals surface area contributed by atoms with Crippen molar-refractivity contribution >= 4 is 29.9 Å². The summed E-state index contributed by atoms with van der Waals surface area (Å²) in [5.74, 6) is 0.745. The topological polar surface area (TPSA) is 40.1 Å². The summed E-state index contributed by atoms with van der Waals surface area (Å²) in [5.41, 5.74) is 0.134. The van der Waals surface area contributed by atoms with E-state index in [9.17, 15) is 13.2 Å². The first-order valence-electron chi connectivity index (χ1n) is 9.59. The van der Waals surface area contributed by atoms with E-state index in [-0.39, 0.29) is 29.5 Å². The van der Waals surface area contributed by atoms with Crippen LogP contribution in [0.2, 0.25) is 0 Å². The second-order valence-corrected chi connectivity index (χ2v) is 7.45. The molecule has 0 aromatic heterocycles. The summed E-state index contributed by atoms with van der Waals surface area (Å²) in [4.78, 5) is 9.00. The molecule has 0 unspecified atom stereocenters. The quantitative estimate of drug-likeness (QED) is 0.346. The zero-order valence-corrected chi connectivity index (χ0v) is 19.9. The summed E-state index contributed by atoms with van der Waals surface area (Å²) < 4.78 is 43.7. The van der Waals surface area contributed by atoms with Crippen LogP contribution in [0.4, 0.5) is 13.2 Å². The smallest absolute Gasteiger partial charge is 0.381 e. The van der Waals surface area contributed by atoms with Gasteiger partial charge in [0, 0.05) is 38.9 Å². The van der Waals surface area contributed by atoms with E-state index in [1.165, 1.54) is 12.1 Å². The highest BCUT2D eigenvalue weighted by Crippen LogP contribution is 2.29. The number of hydrogen-bond donors (Lipinski definition) is 1. The molecule has 1 saturated heterocycles. The van der Waals surface area contributed by atoms with Crippen LogP contribution < -0.4 is 5.32 Å². The normalized spacial score (nSPS) is 17.0. The number of nitrogens with one attached hydrogen (secondary N) is 1. The number of likely N-dealkylation sites (N-methyl/N-ethyl adjacent to an activating group) is 1. The average Bonchev–Trinajstić information content (AvgIpc) is 2.65. The van der Waals surface area contributed by atoms with Crippen molar-refractivity contribution in [2.45, 2.75) is 38.0 Å². The SMILES string of the molecule is CCNC(=NCC1(N(C)C)CCOCC1)N(C)Cc1ccc(C(F)(F)F)cc1.I. The highest BCUT2D eigenvalue weighted by atomic mass is 127. The Bertz CT molecular complexity index is 644. The van der Waals surface area contributed by atoms with E-state index >= 15 is 0 Å². The van der Waals surface area contributed by atoms with Crippen LogP contribution in [0.25, 0.3) is 0 Å². The minimum atomic E-state index is -4.31. The molecule has 0 radical (unpaired) electrons. The van der Waals surface area contributed by atoms with Gasteiger partial charge in [-0.15, -0.1) is 24.0 Å². The summed E-state index contributed by atoms with van der Waals surface area (Å²) in [6, 6.07) is 5.28. The molecule has 5 nitrogen and oxygen atoms in total. The molecule has 166 valence electrons. The third kappa shape index (κ3) is 7.29. The van der Waals surface area contributed by atoms with E-state index in [1.54, 1.807) is 0 Å². The van der Waals surface area contributed by atoms with Crippen LogP contribution in [0.1, 0.15) is 30.9 Å². The molecule has 9 heteroatoms. The predicted octanol–water partition coefficient (Wildman–Crippen LogP) is 3.83. The molecule has 1 aromatic carbocycles. The maximum Gasteiger partial charge on any atom is 0.416 e. The van der Waals surface area contributed by atoms with Gasteiger partial charge in [-0.2, -0.15) is 13.2 Å². The highest BCUT2D eigenvalue weighted by Gasteiger charge is 2.35. The lowest BCUT2D eigenvalue weighted by Gasteiger charge is -2.42. The first-order chi connectivity index (χ1) is 13.2. The molecule has 0 amide bonds. The van der Waals surface area contributed by atoms with Crippen molar-refractivity contribution in [3.63, 3.8) is 0 Å². The molecule has 1 N–H and O–H groups in total. The summed E-state index contributed by atoms with van der Waals surface area (Å²) >= 11 is 0. The molecule has 0 atom stereocenters. The Morgan fingerprint density at radius 3 is 2.21 bits per heavy atom. The molecular formula is C20H32F3IN4O. The third-order valence-corrected chi connectivity index (χ3v) is 5.29. The van der Waals surface area contributed by atoms with Crippen molar-refractivity contribution in [1.29, 1.82) is 0 Å². The number of rotatable bonds is 6. The second kappa shape index (κ2) is 11.4. The lowest BCUT2D eigenvalue weighted by atomic mass is 9.89. The van der Waals surface area contributed by atoms with Crippen LogP contribution >= 0.6 is 24.0 Å². The van der Waals surface area contributed by atoms with Crippen LogP contribution in [0.15, 0.2) is 29.3 Å². The van der Waals surface area contributed by atoms with Gasteiger partial charge in [0.2, 0.25) is 0 Å². The Kier molecular flexibility index (Phi) is 10.2. The Labute approximate surface area is 188 Å². The van der Waals surface area contributed by atoms with Gasteiger partial charge in [-0.05, 0) is 51.6 Å². The maximum absolute atomic E-state index is 12.7. The van der Waals surface area contributed by atoms with Crippen molar-refractivity contribution in [2.24, 2.45) is 4.99 Å². The first-order valence-corrected chi connectivity index (χ1v) is 9.59. The fraction of sp³-hybridized carbons (Fsp3) is 0.650. The monoisotopic (exact) mass is 528 g/mol. The Hall–Kier alpha value is -1.07. The zero-order chi connectivity index (χ0) is 20.8. The summed E-state index contributed by atoms with van der Waals surface area (Å²) in [6.45, 7) is 5.29. The molecule has 1 aromatic rings. The number of nitrogens with zero attached hydrogens (tertiary/aromatic N) is 3. The van der Waals surface area contributed by atoms with Gasteiger partial charge in [0.05, 0.1) is 12.1 Å². The lowest BCUT2D eigenvalue weighted by Crippen LogP contribution is -2.51. The van der Waals surface area contributed by atoms with Gasteiger partial charge < -0.3 is 19.9 Å². The van der Waals surface area contributed by atoms with Crippen molar-refractivity contribution in [3.05, 3.63) is 35.4 Å². The van der Waals surface area contributed by atoms with E-state index in [1.807, 2.05) is 18.9 Å². The molecule has 2 rings (SSSR count). The number of benzene rings is 1. The predicted molar refractivity (Wildman–Crippen MR) is 121 cm³/mol. The Morgan fingerprint density at radius 2 is 1.72 bits per heavy atom.